The van der Waals surface area contributed by atoms with E-state index in [9.17, 15) is 5.11 Å². The lowest BCUT2D eigenvalue weighted by Gasteiger charge is -2.14. The number of aliphatic hydroxyl groups is 1. The summed E-state index contributed by atoms with van der Waals surface area (Å²) in [5.41, 5.74) is 0.351. The Balaban J connectivity index is 2.70. The molecule has 1 N–H and O–H groups in total. The van der Waals surface area contributed by atoms with Crippen LogP contribution in [-0.2, 0) is 6.42 Å². The van der Waals surface area contributed by atoms with E-state index in [0.717, 1.165) is 10.7 Å². The fourth-order valence-corrected chi connectivity index (χ4v) is 1.95. The van der Waals surface area contributed by atoms with Crippen LogP contribution in [0.1, 0.15) is 44.3 Å². The second-order valence-electron chi connectivity index (χ2n) is 4.32. The van der Waals surface area contributed by atoms with Crippen molar-refractivity contribution in [2.75, 3.05) is 0 Å². The zero-order chi connectivity index (χ0) is 10.1. The van der Waals surface area contributed by atoms with E-state index in [0.29, 0.717) is 12.3 Å². The van der Waals surface area contributed by atoms with E-state index in [2.05, 4.69) is 18.8 Å². The molecule has 0 amide bonds. The largest absolute Gasteiger partial charge is 0.390 e. The Labute approximate surface area is 83.6 Å². The molecule has 0 aliphatic carbocycles. The van der Waals surface area contributed by atoms with Gasteiger partial charge in [0, 0.05) is 17.7 Å². The lowest BCUT2D eigenvalue weighted by Crippen LogP contribution is -2.22. The number of hydrogen-bond acceptors (Lipinski definition) is 3. The molecule has 0 bridgehead atoms. The second-order valence-corrected chi connectivity index (χ2v) is 5.21. The smallest absolute Gasteiger partial charge is 0.0953 e. The van der Waals surface area contributed by atoms with Crippen LogP contribution in [0.5, 0.6) is 0 Å². The number of rotatable bonds is 3. The standard InChI is InChI=1S/C10H17NOS/c1-7(2)9-11-8(6-13-9)5-10(3,4)12/h6-7,12H,5H2,1-4H3. The van der Waals surface area contributed by atoms with Gasteiger partial charge in [-0.15, -0.1) is 11.3 Å². The highest BCUT2D eigenvalue weighted by Gasteiger charge is 2.16. The normalized spacial score (nSPS) is 12.5. The maximum Gasteiger partial charge on any atom is 0.0953 e. The van der Waals surface area contributed by atoms with Crippen LogP contribution >= 0.6 is 11.3 Å². The molecule has 2 nitrogen and oxygen atoms in total. The summed E-state index contributed by atoms with van der Waals surface area (Å²) in [6.45, 7) is 7.88. The maximum atomic E-state index is 9.58. The number of thiazole rings is 1. The molecule has 0 radical (unpaired) electrons. The van der Waals surface area contributed by atoms with Gasteiger partial charge in [-0.3, -0.25) is 0 Å². The summed E-state index contributed by atoms with van der Waals surface area (Å²) in [5.74, 6) is 0.487. The highest BCUT2D eigenvalue weighted by Crippen LogP contribution is 2.21. The van der Waals surface area contributed by atoms with Crippen molar-refractivity contribution in [1.29, 1.82) is 0 Å². The SMILES string of the molecule is CC(C)c1nc(CC(C)(C)O)cs1. The van der Waals surface area contributed by atoms with Gasteiger partial charge in [0.25, 0.3) is 0 Å². The molecule has 0 unspecified atom stereocenters. The zero-order valence-electron chi connectivity index (χ0n) is 8.66. The summed E-state index contributed by atoms with van der Waals surface area (Å²) in [6, 6.07) is 0. The highest BCUT2D eigenvalue weighted by molar-refractivity contribution is 7.09. The Kier molecular flexibility index (Phi) is 3.09. The number of nitrogens with zero attached hydrogens (tertiary/aromatic N) is 1. The molecule has 1 aromatic rings. The first-order chi connectivity index (χ1) is 5.88. The second kappa shape index (κ2) is 3.76. The molecular formula is C10H17NOS. The van der Waals surface area contributed by atoms with Crippen molar-refractivity contribution < 1.29 is 5.11 Å². The summed E-state index contributed by atoms with van der Waals surface area (Å²) in [6.07, 6.45) is 0.635. The topological polar surface area (TPSA) is 33.1 Å². The van der Waals surface area contributed by atoms with Gasteiger partial charge in [0.05, 0.1) is 16.3 Å². The minimum atomic E-state index is -0.650. The number of hydrogen-bond donors (Lipinski definition) is 1. The van der Waals surface area contributed by atoms with Crippen molar-refractivity contribution in [1.82, 2.24) is 4.98 Å². The van der Waals surface area contributed by atoms with Crippen LogP contribution in [0, 0.1) is 0 Å². The number of aromatic nitrogens is 1. The molecule has 0 atom stereocenters. The summed E-state index contributed by atoms with van der Waals surface area (Å²) in [5, 5.41) is 12.8. The predicted molar refractivity (Wildman–Crippen MR) is 56.2 cm³/mol. The average molecular weight is 199 g/mol. The molecule has 0 aliphatic heterocycles. The Hall–Kier alpha value is -0.410. The van der Waals surface area contributed by atoms with Gasteiger partial charge in [-0.25, -0.2) is 4.98 Å². The van der Waals surface area contributed by atoms with Crippen LogP contribution in [0.15, 0.2) is 5.38 Å². The maximum absolute atomic E-state index is 9.58. The third kappa shape index (κ3) is 3.44. The first-order valence-electron chi connectivity index (χ1n) is 4.55. The molecule has 3 heteroatoms. The molecule has 1 rings (SSSR count). The summed E-state index contributed by atoms with van der Waals surface area (Å²) in [4.78, 5) is 4.45. The summed E-state index contributed by atoms with van der Waals surface area (Å²) >= 11 is 1.68. The molecule has 0 aromatic carbocycles. The molecular weight excluding hydrogens is 182 g/mol. The van der Waals surface area contributed by atoms with Gasteiger partial charge in [-0.2, -0.15) is 0 Å². The average Bonchev–Trinajstić information content (AvgIpc) is 2.31. The van der Waals surface area contributed by atoms with Crippen molar-refractivity contribution in [3.8, 4) is 0 Å². The molecule has 13 heavy (non-hydrogen) atoms. The van der Waals surface area contributed by atoms with Crippen LogP contribution in [0.3, 0.4) is 0 Å². The van der Waals surface area contributed by atoms with Crippen LogP contribution in [-0.4, -0.2) is 15.7 Å². The fourth-order valence-electron chi connectivity index (χ4n) is 1.11. The quantitative estimate of drug-likeness (QED) is 0.811. The first-order valence-corrected chi connectivity index (χ1v) is 5.43. The van der Waals surface area contributed by atoms with Gasteiger partial charge < -0.3 is 5.11 Å². The van der Waals surface area contributed by atoms with E-state index < -0.39 is 5.60 Å². The molecule has 1 aromatic heterocycles. The predicted octanol–water partition coefficient (Wildman–Crippen LogP) is 2.58. The lowest BCUT2D eigenvalue weighted by molar-refractivity contribution is 0.0801. The monoisotopic (exact) mass is 199 g/mol. The molecule has 0 spiro atoms. The minimum Gasteiger partial charge on any atom is -0.390 e. The molecule has 0 aliphatic rings. The van der Waals surface area contributed by atoms with E-state index in [1.54, 1.807) is 25.2 Å². The summed E-state index contributed by atoms with van der Waals surface area (Å²) in [7, 11) is 0. The Morgan fingerprint density at radius 3 is 2.54 bits per heavy atom. The van der Waals surface area contributed by atoms with E-state index in [-0.39, 0.29) is 0 Å². The lowest BCUT2D eigenvalue weighted by atomic mass is 10.0. The zero-order valence-corrected chi connectivity index (χ0v) is 9.48. The summed E-state index contributed by atoms with van der Waals surface area (Å²) < 4.78 is 0. The third-order valence-corrected chi connectivity index (χ3v) is 2.87. The van der Waals surface area contributed by atoms with Crippen LogP contribution in [0.2, 0.25) is 0 Å². The first kappa shape index (κ1) is 10.7. The van der Waals surface area contributed by atoms with E-state index >= 15 is 0 Å². The van der Waals surface area contributed by atoms with Gasteiger partial charge in [-0.05, 0) is 13.8 Å². The molecule has 74 valence electrons. The molecule has 0 fully saturated rings. The Morgan fingerprint density at radius 1 is 1.54 bits per heavy atom. The Bertz CT molecular complexity index is 273. The van der Waals surface area contributed by atoms with Crippen molar-refractivity contribution in [2.45, 2.75) is 45.6 Å². The fraction of sp³-hybridized carbons (Fsp3) is 0.700. The molecule has 0 saturated heterocycles. The van der Waals surface area contributed by atoms with Gasteiger partial charge in [0.1, 0.15) is 0 Å². The highest BCUT2D eigenvalue weighted by atomic mass is 32.1. The molecule has 0 saturated carbocycles. The van der Waals surface area contributed by atoms with Gasteiger partial charge in [0.15, 0.2) is 0 Å². The van der Waals surface area contributed by atoms with E-state index in [1.165, 1.54) is 0 Å². The van der Waals surface area contributed by atoms with E-state index in [1.807, 2.05) is 5.38 Å². The van der Waals surface area contributed by atoms with Gasteiger partial charge in [-0.1, -0.05) is 13.8 Å². The van der Waals surface area contributed by atoms with E-state index in [4.69, 9.17) is 0 Å². The molecule has 1 heterocycles. The van der Waals surface area contributed by atoms with Crippen molar-refractivity contribution in [3.63, 3.8) is 0 Å². The Morgan fingerprint density at radius 2 is 2.15 bits per heavy atom. The van der Waals surface area contributed by atoms with Gasteiger partial charge in [0.2, 0.25) is 0 Å². The van der Waals surface area contributed by atoms with Gasteiger partial charge >= 0.3 is 0 Å². The minimum absolute atomic E-state index is 0.487. The van der Waals surface area contributed by atoms with Crippen molar-refractivity contribution >= 4 is 11.3 Å². The van der Waals surface area contributed by atoms with Crippen LogP contribution < -0.4 is 0 Å². The third-order valence-electron chi connectivity index (χ3n) is 1.68. The van der Waals surface area contributed by atoms with Crippen molar-refractivity contribution in [3.05, 3.63) is 16.1 Å². The van der Waals surface area contributed by atoms with Crippen LogP contribution in [0.4, 0.5) is 0 Å². The van der Waals surface area contributed by atoms with Crippen LogP contribution in [0.25, 0.3) is 0 Å². The van der Waals surface area contributed by atoms with Crippen molar-refractivity contribution in [2.24, 2.45) is 0 Å².